The van der Waals surface area contributed by atoms with Crippen LogP contribution in [0.25, 0.3) is 0 Å². The van der Waals surface area contributed by atoms with Crippen LogP contribution < -0.4 is 5.32 Å². The predicted molar refractivity (Wildman–Crippen MR) is 74.1 cm³/mol. The fourth-order valence-electron chi connectivity index (χ4n) is 2.36. The summed E-state index contributed by atoms with van der Waals surface area (Å²) in [6.45, 7) is 0.458. The minimum Gasteiger partial charge on any atom is -0.481 e. The number of likely N-dealkylation sites (tertiary alicyclic amines) is 1. The molecule has 1 amide bonds. The number of rotatable bonds is 5. The van der Waals surface area contributed by atoms with Crippen LogP contribution in [0.3, 0.4) is 0 Å². The molecule has 2 heterocycles. The third-order valence-corrected chi connectivity index (χ3v) is 4.07. The van der Waals surface area contributed by atoms with Crippen molar-refractivity contribution in [3.05, 3.63) is 11.6 Å². The Hall–Kier alpha value is -2.00. The Morgan fingerprint density at radius 3 is 2.62 bits per heavy atom. The predicted octanol–water partition coefficient (Wildman–Crippen LogP) is 0.189. The molecule has 1 saturated heterocycles. The van der Waals surface area contributed by atoms with Gasteiger partial charge in [0.25, 0.3) is 0 Å². The highest BCUT2D eigenvalue weighted by Gasteiger charge is 2.39. The molecule has 1 aliphatic rings. The number of nitrogens with one attached hydrogen (secondary N) is 1. The van der Waals surface area contributed by atoms with Crippen molar-refractivity contribution in [1.29, 1.82) is 0 Å². The summed E-state index contributed by atoms with van der Waals surface area (Å²) in [7, 11) is 0. The van der Waals surface area contributed by atoms with Gasteiger partial charge in [-0.25, -0.2) is 4.98 Å². The molecular formula is C12H15N3O5S. The van der Waals surface area contributed by atoms with Crippen molar-refractivity contribution in [2.75, 3.05) is 25.0 Å². The Bertz CT molecular complexity index is 533. The van der Waals surface area contributed by atoms with Crippen molar-refractivity contribution in [2.24, 2.45) is 11.8 Å². The third-order valence-electron chi connectivity index (χ3n) is 3.38. The second-order valence-corrected chi connectivity index (χ2v) is 5.69. The standard InChI is InChI=1S/C12H15N3O5S/c16-9(14-12-13-2-4-21-12)6-15-3-1-7(10(17)18)8(5-15)11(19)20/h2,4,7-8H,1,3,5-6H2,(H,17,18)(H,19,20)(H,13,14,16). The van der Waals surface area contributed by atoms with E-state index in [2.05, 4.69) is 10.3 Å². The molecule has 2 rings (SSSR count). The molecule has 1 aliphatic heterocycles. The Labute approximate surface area is 124 Å². The highest BCUT2D eigenvalue weighted by atomic mass is 32.1. The number of carboxylic acid groups (broad SMARTS) is 2. The smallest absolute Gasteiger partial charge is 0.308 e. The number of piperidine rings is 1. The number of aliphatic carboxylic acids is 2. The topological polar surface area (TPSA) is 120 Å². The van der Waals surface area contributed by atoms with Crippen molar-refractivity contribution >= 4 is 34.3 Å². The van der Waals surface area contributed by atoms with E-state index >= 15 is 0 Å². The van der Waals surface area contributed by atoms with Crippen molar-refractivity contribution in [3.8, 4) is 0 Å². The van der Waals surface area contributed by atoms with E-state index in [1.165, 1.54) is 11.3 Å². The van der Waals surface area contributed by atoms with Crippen LogP contribution in [0.15, 0.2) is 11.6 Å². The third kappa shape index (κ3) is 3.99. The van der Waals surface area contributed by atoms with Crippen LogP contribution in [-0.2, 0) is 14.4 Å². The fourth-order valence-corrected chi connectivity index (χ4v) is 2.90. The number of nitrogens with zero attached hydrogens (tertiary/aromatic N) is 2. The van der Waals surface area contributed by atoms with Gasteiger partial charge in [-0.3, -0.25) is 19.3 Å². The average Bonchev–Trinajstić information content (AvgIpc) is 2.90. The molecule has 0 saturated carbocycles. The summed E-state index contributed by atoms with van der Waals surface area (Å²) in [4.78, 5) is 39.6. The average molecular weight is 313 g/mol. The summed E-state index contributed by atoms with van der Waals surface area (Å²) < 4.78 is 0. The van der Waals surface area contributed by atoms with Gasteiger partial charge < -0.3 is 15.5 Å². The number of amides is 1. The van der Waals surface area contributed by atoms with Crippen LogP contribution >= 0.6 is 11.3 Å². The Morgan fingerprint density at radius 1 is 1.33 bits per heavy atom. The van der Waals surface area contributed by atoms with Crippen LogP contribution in [0.4, 0.5) is 5.13 Å². The molecule has 9 heteroatoms. The second kappa shape index (κ2) is 6.64. The lowest BCUT2D eigenvalue weighted by molar-refractivity contribution is -0.157. The van der Waals surface area contributed by atoms with Crippen molar-refractivity contribution in [3.63, 3.8) is 0 Å². The van der Waals surface area contributed by atoms with Crippen LogP contribution in [0.2, 0.25) is 0 Å². The highest BCUT2D eigenvalue weighted by molar-refractivity contribution is 7.13. The number of carboxylic acids is 2. The van der Waals surface area contributed by atoms with Gasteiger partial charge in [-0.05, 0) is 13.0 Å². The second-order valence-electron chi connectivity index (χ2n) is 4.80. The molecule has 3 N–H and O–H groups in total. The minimum absolute atomic E-state index is 0.0235. The minimum atomic E-state index is -1.15. The lowest BCUT2D eigenvalue weighted by atomic mass is 9.85. The first-order valence-electron chi connectivity index (χ1n) is 6.34. The number of hydrogen-bond acceptors (Lipinski definition) is 6. The van der Waals surface area contributed by atoms with E-state index < -0.39 is 23.8 Å². The number of carbonyl (C=O) groups excluding carboxylic acids is 1. The van der Waals surface area contributed by atoms with Gasteiger partial charge in [-0.2, -0.15) is 0 Å². The lowest BCUT2D eigenvalue weighted by Gasteiger charge is -2.33. The molecule has 1 aromatic rings. The maximum absolute atomic E-state index is 11.8. The zero-order valence-corrected chi connectivity index (χ0v) is 11.9. The number of aromatic nitrogens is 1. The SMILES string of the molecule is O=C(CN1CCC(C(=O)O)C(C(=O)O)C1)Nc1nccs1. The number of thiazole rings is 1. The Balaban J connectivity index is 1.91. The van der Waals surface area contributed by atoms with Gasteiger partial charge in [0, 0.05) is 18.1 Å². The summed E-state index contributed by atoms with van der Waals surface area (Å²) >= 11 is 1.29. The van der Waals surface area contributed by atoms with Crippen LogP contribution in [0, 0.1) is 11.8 Å². The maximum atomic E-state index is 11.8. The molecule has 0 radical (unpaired) electrons. The monoisotopic (exact) mass is 313 g/mol. The molecule has 8 nitrogen and oxygen atoms in total. The van der Waals surface area contributed by atoms with Crippen LogP contribution in [-0.4, -0.2) is 57.6 Å². The molecule has 0 aromatic carbocycles. The van der Waals surface area contributed by atoms with Gasteiger partial charge in [0.05, 0.1) is 18.4 Å². The van der Waals surface area contributed by atoms with Gasteiger partial charge >= 0.3 is 11.9 Å². The number of hydrogen-bond donors (Lipinski definition) is 3. The molecule has 0 bridgehead atoms. The first kappa shape index (κ1) is 15.4. The maximum Gasteiger partial charge on any atom is 0.308 e. The molecule has 2 atom stereocenters. The van der Waals surface area contributed by atoms with E-state index in [9.17, 15) is 14.4 Å². The Morgan fingerprint density at radius 2 is 2.05 bits per heavy atom. The zero-order chi connectivity index (χ0) is 15.4. The summed E-state index contributed by atoms with van der Waals surface area (Å²) in [6.07, 6.45) is 1.79. The van der Waals surface area contributed by atoms with Crippen molar-refractivity contribution in [2.45, 2.75) is 6.42 Å². The largest absolute Gasteiger partial charge is 0.481 e. The molecule has 114 valence electrons. The van der Waals surface area contributed by atoms with E-state index in [0.717, 1.165) is 0 Å². The molecule has 1 aromatic heterocycles. The summed E-state index contributed by atoms with van der Waals surface area (Å²) in [5, 5.41) is 23.0. The molecule has 21 heavy (non-hydrogen) atoms. The van der Waals surface area contributed by atoms with Crippen LogP contribution in [0.5, 0.6) is 0 Å². The van der Waals surface area contributed by atoms with Crippen molar-refractivity contribution < 1.29 is 24.6 Å². The molecule has 0 spiro atoms. The van der Waals surface area contributed by atoms with Gasteiger partial charge in [0.1, 0.15) is 0 Å². The van der Waals surface area contributed by atoms with E-state index in [1.807, 2.05) is 0 Å². The fraction of sp³-hybridized carbons (Fsp3) is 0.500. The first-order chi connectivity index (χ1) is 9.97. The van der Waals surface area contributed by atoms with Gasteiger partial charge in [-0.1, -0.05) is 0 Å². The normalized spacial score (nSPS) is 22.7. The number of anilines is 1. The van der Waals surface area contributed by atoms with E-state index in [4.69, 9.17) is 10.2 Å². The van der Waals surface area contributed by atoms with Gasteiger partial charge in [0.2, 0.25) is 5.91 Å². The van der Waals surface area contributed by atoms with Crippen LogP contribution in [0.1, 0.15) is 6.42 Å². The highest BCUT2D eigenvalue weighted by Crippen LogP contribution is 2.24. The summed E-state index contributed by atoms with van der Waals surface area (Å²) in [5.41, 5.74) is 0. The molecular weight excluding hydrogens is 298 g/mol. The summed E-state index contributed by atoms with van der Waals surface area (Å²) in [5.74, 6) is -4.44. The van der Waals surface area contributed by atoms with Gasteiger partial charge in [-0.15, -0.1) is 11.3 Å². The summed E-state index contributed by atoms with van der Waals surface area (Å²) in [6, 6.07) is 0. The van der Waals surface area contributed by atoms with E-state index in [0.29, 0.717) is 11.7 Å². The molecule has 2 unspecified atom stereocenters. The molecule has 1 fully saturated rings. The van der Waals surface area contributed by atoms with Crippen molar-refractivity contribution in [1.82, 2.24) is 9.88 Å². The van der Waals surface area contributed by atoms with Gasteiger partial charge in [0.15, 0.2) is 5.13 Å². The molecule has 0 aliphatic carbocycles. The Kier molecular flexibility index (Phi) is 4.86. The zero-order valence-electron chi connectivity index (χ0n) is 11.1. The van der Waals surface area contributed by atoms with E-state index in [1.54, 1.807) is 16.5 Å². The lowest BCUT2D eigenvalue weighted by Crippen LogP contribution is -2.48. The quantitative estimate of drug-likeness (QED) is 0.709. The number of carbonyl (C=O) groups is 3. The first-order valence-corrected chi connectivity index (χ1v) is 7.22. The van der Waals surface area contributed by atoms with E-state index in [-0.39, 0.29) is 25.4 Å².